The van der Waals surface area contributed by atoms with E-state index < -0.39 is 0 Å². The van der Waals surface area contributed by atoms with E-state index in [0.29, 0.717) is 12.8 Å². The van der Waals surface area contributed by atoms with Gasteiger partial charge in [0.25, 0.3) is 0 Å². The van der Waals surface area contributed by atoms with Crippen LogP contribution >= 0.6 is 0 Å². The van der Waals surface area contributed by atoms with Crippen LogP contribution in [0, 0.1) is 0 Å². The molecule has 0 spiro atoms. The van der Waals surface area contributed by atoms with Crippen LogP contribution in [-0.4, -0.2) is 35.5 Å². The van der Waals surface area contributed by atoms with Crippen LogP contribution in [0.5, 0.6) is 0 Å². The molecule has 0 heterocycles. The topological polar surface area (TPSA) is 40.3 Å². The van der Waals surface area contributed by atoms with E-state index in [1.54, 1.807) is 4.58 Å². The Morgan fingerprint density at radius 1 is 1.12 bits per heavy atom. The maximum atomic E-state index is 11.5. The van der Waals surface area contributed by atoms with E-state index in [0.717, 1.165) is 19.4 Å². The first kappa shape index (κ1) is 15.3. The molecule has 0 aliphatic heterocycles. The lowest BCUT2D eigenvalue weighted by Crippen LogP contribution is -2.20. The highest BCUT2D eigenvalue weighted by atomic mass is 16.2. The van der Waals surface area contributed by atoms with Crippen LogP contribution in [0.15, 0.2) is 0 Å². The second kappa shape index (κ2) is 10.8. The summed E-state index contributed by atoms with van der Waals surface area (Å²) in [6.07, 6.45) is 7.99. The maximum absolute atomic E-state index is 11.5. The second-order valence-corrected chi connectivity index (χ2v) is 4.25. The quantitative estimate of drug-likeness (QED) is 0.354. The number of nitrogens with zero attached hydrogens (tertiary/aromatic N) is 1. The van der Waals surface area contributed by atoms with Gasteiger partial charge in [0.1, 0.15) is 6.72 Å². The van der Waals surface area contributed by atoms with Crippen molar-refractivity contribution >= 4 is 12.6 Å². The van der Waals surface area contributed by atoms with Gasteiger partial charge >= 0.3 is 5.91 Å². The van der Waals surface area contributed by atoms with Crippen molar-refractivity contribution in [1.82, 2.24) is 0 Å². The van der Waals surface area contributed by atoms with Crippen molar-refractivity contribution in [3.8, 4) is 0 Å². The Labute approximate surface area is 99.2 Å². The Hall–Kier alpha value is -0.700. The number of carbonyl (C=O) groups is 1. The average Bonchev–Trinajstić information content (AvgIpc) is 2.28. The molecule has 1 N–H and O–H groups in total. The smallest absolute Gasteiger partial charge is 0.386 e. The fourth-order valence-electron chi connectivity index (χ4n) is 1.58. The first-order valence-corrected chi connectivity index (χ1v) is 6.44. The van der Waals surface area contributed by atoms with Gasteiger partial charge in [-0.15, -0.1) is 0 Å². The van der Waals surface area contributed by atoms with Gasteiger partial charge in [0, 0.05) is 13.0 Å². The van der Waals surface area contributed by atoms with Crippen molar-refractivity contribution in [1.29, 1.82) is 0 Å². The number of amides is 1. The summed E-state index contributed by atoms with van der Waals surface area (Å²) in [5, 5.41) is 8.60. The highest BCUT2D eigenvalue weighted by Gasteiger charge is 2.13. The standard InChI is InChI=1S/C13H26NO2/c1-3-4-5-6-8-11-14(2)13(16)10-7-9-12-15/h15H,2-12H2,1H3/q+1. The molecule has 1 amide bonds. The van der Waals surface area contributed by atoms with Crippen LogP contribution in [0.2, 0.25) is 0 Å². The van der Waals surface area contributed by atoms with E-state index in [-0.39, 0.29) is 12.5 Å². The number of hydrogen-bond acceptors (Lipinski definition) is 2. The molecule has 0 atom stereocenters. The average molecular weight is 228 g/mol. The largest absolute Gasteiger partial charge is 0.396 e. The number of rotatable bonds is 10. The molecule has 0 aliphatic rings. The van der Waals surface area contributed by atoms with E-state index in [1.165, 1.54) is 25.7 Å². The minimum absolute atomic E-state index is 0.101. The van der Waals surface area contributed by atoms with Crippen molar-refractivity contribution < 1.29 is 14.5 Å². The van der Waals surface area contributed by atoms with Crippen molar-refractivity contribution in [2.45, 2.75) is 58.3 Å². The number of aliphatic hydroxyl groups is 1. The summed E-state index contributed by atoms with van der Waals surface area (Å²) in [5.74, 6) is 0.101. The number of hydrogen-bond donors (Lipinski definition) is 1. The van der Waals surface area contributed by atoms with E-state index >= 15 is 0 Å². The molecule has 0 saturated carbocycles. The molecule has 3 nitrogen and oxygen atoms in total. The van der Waals surface area contributed by atoms with E-state index in [2.05, 4.69) is 13.6 Å². The zero-order chi connectivity index (χ0) is 12.2. The highest BCUT2D eigenvalue weighted by Crippen LogP contribution is 2.03. The molecule has 0 unspecified atom stereocenters. The predicted molar refractivity (Wildman–Crippen MR) is 67.0 cm³/mol. The van der Waals surface area contributed by atoms with E-state index in [1.807, 2.05) is 0 Å². The summed E-state index contributed by atoms with van der Waals surface area (Å²) in [5.41, 5.74) is 0. The molecule has 0 radical (unpaired) electrons. The fourth-order valence-corrected chi connectivity index (χ4v) is 1.58. The number of carbonyl (C=O) groups excluding carboxylic acids is 1. The normalized spacial score (nSPS) is 10.4. The summed E-state index contributed by atoms with van der Waals surface area (Å²) in [4.78, 5) is 11.5. The van der Waals surface area contributed by atoms with Gasteiger partial charge in [0.2, 0.25) is 0 Å². The Kier molecular flexibility index (Phi) is 10.3. The molecule has 0 aromatic rings. The lowest BCUT2D eigenvalue weighted by atomic mass is 10.1. The Morgan fingerprint density at radius 3 is 2.44 bits per heavy atom. The molecule has 94 valence electrons. The lowest BCUT2D eigenvalue weighted by Gasteiger charge is -2.00. The third-order valence-electron chi connectivity index (χ3n) is 2.68. The first-order valence-electron chi connectivity index (χ1n) is 6.44. The fraction of sp³-hybridized carbons (Fsp3) is 0.846. The zero-order valence-corrected chi connectivity index (χ0v) is 10.6. The third kappa shape index (κ3) is 8.60. The zero-order valence-electron chi connectivity index (χ0n) is 10.6. The Morgan fingerprint density at radius 2 is 1.81 bits per heavy atom. The SMILES string of the molecule is C=[N+](CCCCCCC)C(=O)CCCCO. The molecule has 0 aromatic heterocycles. The monoisotopic (exact) mass is 228 g/mol. The van der Waals surface area contributed by atoms with Crippen LogP contribution in [0.1, 0.15) is 58.3 Å². The van der Waals surface area contributed by atoms with Crippen LogP contribution in [0.3, 0.4) is 0 Å². The van der Waals surface area contributed by atoms with Crippen molar-refractivity contribution in [3.05, 3.63) is 0 Å². The molecule has 0 aliphatic carbocycles. The maximum Gasteiger partial charge on any atom is 0.386 e. The molecule has 0 fully saturated rings. The summed E-state index contributed by atoms with van der Waals surface area (Å²) in [6, 6.07) is 0. The molecule has 0 bridgehead atoms. The van der Waals surface area contributed by atoms with Crippen LogP contribution in [0.25, 0.3) is 0 Å². The van der Waals surface area contributed by atoms with Gasteiger partial charge in [-0.3, -0.25) is 0 Å². The summed E-state index contributed by atoms with van der Waals surface area (Å²) < 4.78 is 1.57. The molecule has 0 saturated heterocycles. The predicted octanol–water partition coefficient (Wildman–Crippen LogP) is 2.36. The second-order valence-electron chi connectivity index (χ2n) is 4.25. The van der Waals surface area contributed by atoms with E-state index in [9.17, 15) is 4.79 Å². The third-order valence-corrected chi connectivity index (χ3v) is 2.68. The first-order chi connectivity index (χ1) is 7.72. The van der Waals surface area contributed by atoms with Crippen molar-refractivity contribution in [2.24, 2.45) is 0 Å². The van der Waals surface area contributed by atoms with Gasteiger partial charge in [0.05, 0.1) is 6.42 Å². The van der Waals surface area contributed by atoms with Crippen molar-refractivity contribution in [3.63, 3.8) is 0 Å². The molecule has 3 heteroatoms. The lowest BCUT2D eigenvalue weighted by molar-refractivity contribution is -0.442. The van der Waals surface area contributed by atoms with E-state index in [4.69, 9.17) is 5.11 Å². The van der Waals surface area contributed by atoms with Crippen LogP contribution in [-0.2, 0) is 4.79 Å². The molecular weight excluding hydrogens is 202 g/mol. The Bertz CT molecular complexity index is 202. The van der Waals surface area contributed by atoms with Gasteiger partial charge in [0.15, 0.2) is 6.54 Å². The molecule has 0 aromatic carbocycles. The van der Waals surface area contributed by atoms with Crippen molar-refractivity contribution in [2.75, 3.05) is 13.2 Å². The van der Waals surface area contributed by atoms with Gasteiger partial charge in [-0.2, -0.15) is 4.58 Å². The summed E-state index contributed by atoms with van der Waals surface area (Å²) in [6.45, 7) is 6.88. The minimum Gasteiger partial charge on any atom is -0.396 e. The molecule has 0 rings (SSSR count). The highest BCUT2D eigenvalue weighted by molar-refractivity contribution is 5.68. The molecule has 16 heavy (non-hydrogen) atoms. The number of unbranched alkanes of at least 4 members (excludes halogenated alkanes) is 5. The van der Waals surface area contributed by atoms with Gasteiger partial charge < -0.3 is 5.11 Å². The van der Waals surface area contributed by atoms with Crippen LogP contribution in [0.4, 0.5) is 0 Å². The minimum atomic E-state index is 0.101. The Balaban J connectivity index is 3.44. The summed E-state index contributed by atoms with van der Waals surface area (Å²) >= 11 is 0. The van der Waals surface area contributed by atoms with Gasteiger partial charge in [-0.05, 0) is 19.3 Å². The molecular formula is C13H26NO2+. The number of aliphatic hydroxyl groups excluding tert-OH is 1. The van der Waals surface area contributed by atoms with Gasteiger partial charge in [-0.25, -0.2) is 4.79 Å². The van der Waals surface area contributed by atoms with Gasteiger partial charge in [-0.1, -0.05) is 26.2 Å². The van der Waals surface area contributed by atoms with Crippen LogP contribution < -0.4 is 0 Å². The summed E-state index contributed by atoms with van der Waals surface area (Å²) in [7, 11) is 0.